The number of aromatic nitrogens is 1. The number of rotatable bonds is 2. The Kier molecular flexibility index (Phi) is 3.06. The van der Waals surface area contributed by atoms with E-state index in [9.17, 15) is 4.79 Å². The molecule has 0 aliphatic heterocycles. The van der Waals surface area contributed by atoms with Crippen LogP contribution in [0.3, 0.4) is 0 Å². The van der Waals surface area contributed by atoms with Crippen molar-refractivity contribution in [2.75, 3.05) is 12.8 Å². The van der Waals surface area contributed by atoms with Gasteiger partial charge >= 0.3 is 0 Å². The molecule has 1 aromatic heterocycles. The number of hydrogen-bond donors (Lipinski definition) is 1. The number of pyridine rings is 1. The lowest BCUT2D eigenvalue weighted by Gasteiger charge is -2.21. The average molecular weight is 193 g/mol. The summed E-state index contributed by atoms with van der Waals surface area (Å²) in [7, 11) is 1.76. The molecule has 76 valence electrons. The van der Waals surface area contributed by atoms with Crippen LogP contribution in [0, 0.1) is 0 Å². The van der Waals surface area contributed by atoms with E-state index in [0.29, 0.717) is 11.3 Å². The van der Waals surface area contributed by atoms with Crippen molar-refractivity contribution in [2.24, 2.45) is 0 Å². The number of nitrogens with zero attached hydrogens (tertiary/aromatic N) is 2. The summed E-state index contributed by atoms with van der Waals surface area (Å²) in [5, 5.41) is 0. The molecule has 0 aliphatic carbocycles. The minimum Gasteiger partial charge on any atom is -0.397 e. The lowest BCUT2D eigenvalue weighted by Crippen LogP contribution is -2.33. The van der Waals surface area contributed by atoms with Crippen LogP contribution >= 0.6 is 0 Å². The molecule has 1 rings (SSSR count). The smallest absolute Gasteiger partial charge is 0.256 e. The number of amides is 1. The first-order valence-corrected chi connectivity index (χ1v) is 4.50. The predicted molar refractivity (Wildman–Crippen MR) is 55.9 cm³/mol. The van der Waals surface area contributed by atoms with Gasteiger partial charge in [-0.25, -0.2) is 0 Å². The first kappa shape index (κ1) is 10.5. The highest BCUT2D eigenvalue weighted by atomic mass is 16.2. The highest BCUT2D eigenvalue weighted by Gasteiger charge is 2.16. The first-order chi connectivity index (χ1) is 6.54. The van der Waals surface area contributed by atoms with Gasteiger partial charge in [0.25, 0.3) is 5.91 Å². The summed E-state index contributed by atoms with van der Waals surface area (Å²) < 4.78 is 0. The summed E-state index contributed by atoms with van der Waals surface area (Å²) >= 11 is 0. The zero-order valence-corrected chi connectivity index (χ0v) is 8.69. The Morgan fingerprint density at radius 2 is 2.21 bits per heavy atom. The van der Waals surface area contributed by atoms with Crippen LogP contribution in [-0.4, -0.2) is 28.9 Å². The molecule has 4 nitrogen and oxygen atoms in total. The lowest BCUT2D eigenvalue weighted by molar-refractivity contribution is 0.0756. The predicted octanol–water partition coefficient (Wildman–Crippen LogP) is 1.14. The Bertz CT molecular complexity index is 336. The molecular formula is C10H15N3O. The SMILES string of the molecule is CC(C)N(C)C(=O)c1ccncc1N. The van der Waals surface area contributed by atoms with Gasteiger partial charge in [0.2, 0.25) is 0 Å². The number of anilines is 1. The lowest BCUT2D eigenvalue weighted by atomic mass is 10.2. The third-order valence-electron chi connectivity index (χ3n) is 2.18. The van der Waals surface area contributed by atoms with E-state index in [-0.39, 0.29) is 11.9 Å². The molecule has 1 amide bonds. The maximum Gasteiger partial charge on any atom is 0.256 e. The van der Waals surface area contributed by atoms with Crippen molar-refractivity contribution in [2.45, 2.75) is 19.9 Å². The second kappa shape index (κ2) is 4.09. The number of hydrogen-bond acceptors (Lipinski definition) is 3. The van der Waals surface area contributed by atoms with Gasteiger partial charge in [-0.05, 0) is 19.9 Å². The van der Waals surface area contributed by atoms with E-state index in [4.69, 9.17) is 5.73 Å². The van der Waals surface area contributed by atoms with E-state index >= 15 is 0 Å². The number of nitrogens with two attached hydrogens (primary N) is 1. The Hall–Kier alpha value is -1.58. The molecule has 0 bridgehead atoms. The molecule has 0 aliphatic rings. The fourth-order valence-corrected chi connectivity index (χ4v) is 1.03. The highest BCUT2D eigenvalue weighted by molar-refractivity contribution is 5.98. The highest BCUT2D eigenvalue weighted by Crippen LogP contribution is 2.12. The molecule has 0 saturated carbocycles. The molecule has 0 saturated heterocycles. The van der Waals surface area contributed by atoms with Crippen LogP contribution in [0.1, 0.15) is 24.2 Å². The van der Waals surface area contributed by atoms with Gasteiger partial charge in [-0.1, -0.05) is 0 Å². The van der Waals surface area contributed by atoms with Crippen molar-refractivity contribution in [1.29, 1.82) is 0 Å². The van der Waals surface area contributed by atoms with E-state index in [1.54, 1.807) is 24.2 Å². The quantitative estimate of drug-likeness (QED) is 0.766. The molecule has 14 heavy (non-hydrogen) atoms. The summed E-state index contributed by atoms with van der Waals surface area (Å²) in [4.78, 5) is 17.3. The Morgan fingerprint density at radius 3 is 2.71 bits per heavy atom. The van der Waals surface area contributed by atoms with Gasteiger partial charge in [-0.15, -0.1) is 0 Å². The number of carbonyl (C=O) groups is 1. The van der Waals surface area contributed by atoms with Crippen LogP contribution in [0.15, 0.2) is 18.5 Å². The largest absolute Gasteiger partial charge is 0.397 e. The van der Waals surface area contributed by atoms with Crippen LogP contribution < -0.4 is 5.73 Å². The molecule has 1 aromatic rings. The summed E-state index contributed by atoms with van der Waals surface area (Å²) in [6.45, 7) is 3.91. The van der Waals surface area contributed by atoms with E-state index in [0.717, 1.165) is 0 Å². The molecule has 0 aromatic carbocycles. The molecule has 1 heterocycles. The van der Waals surface area contributed by atoms with Crippen LogP contribution in [0.5, 0.6) is 0 Å². The Morgan fingerprint density at radius 1 is 1.57 bits per heavy atom. The summed E-state index contributed by atoms with van der Waals surface area (Å²) in [5.41, 5.74) is 6.58. The minimum atomic E-state index is -0.0695. The molecule has 0 spiro atoms. The molecule has 0 fully saturated rings. The first-order valence-electron chi connectivity index (χ1n) is 4.50. The number of nitrogen functional groups attached to an aromatic ring is 1. The Balaban J connectivity index is 2.95. The van der Waals surface area contributed by atoms with Crippen LogP contribution in [0.25, 0.3) is 0 Å². The van der Waals surface area contributed by atoms with Crippen LogP contribution in [0.2, 0.25) is 0 Å². The standard InChI is InChI=1S/C10H15N3O/c1-7(2)13(3)10(14)8-4-5-12-6-9(8)11/h4-7H,11H2,1-3H3. The van der Waals surface area contributed by atoms with Crippen molar-refractivity contribution in [3.8, 4) is 0 Å². The van der Waals surface area contributed by atoms with Crippen molar-refractivity contribution in [1.82, 2.24) is 9.88 Å². The van der Waals surface area contributed by atoms with Gasteiger partial charge < -0.3 is 10.6 Å². The normalized spacial score (nSPS) is 10.3. The summed E-state index contributed by atoms with van der Waals surface area (Å²) in [6, 6.07) is 1.80. The molecule has 4 heteroatoms. The van der Waals surface area contributed by atoms with Gasteiger partial charge in [0.15, 0.2) is 0 Å². The fraction of sp³-hybridized carbons (Fsp3) is 0.400. The zero-order valence-electron chi connectivity index (χ0n) is 8.69. The van der Waals surface area contributed by atoms with Crippen molar-refractivity contribution < 1.29 is 4.79 Å². The average Bonchev–Trinajstić information content (AvgIpc) is 2.16. The zero-order chi connectivity index (χ0) is 10.7. The van der Waals surface area contributed by atoms with Gasteiger partial charge in [0.05, 0.1) is 17.4 Å². The summed E-state index contributed by atoms with van der Waals surface area (Å²) in [5.74, 6) is -0.0695. The molecular weight excluding hydrogens is 178 g/mol. The van der Waals surface area contributed by atoms with Crippen molar-refractivity contribution >= 4 is 11.6 Å². The van der Waals surface area contributed by atoms with Gasteiger partial charge in [-0.3, -0.25) is 9.78 Å². The fourth-order valence-electron chi connectivity index (χ4n) is 1.03. The van der Waals surface area contributed by atoms with Gasteiger partial charge in [0, 0.05) is 19.3 Å². The van der Waals surface area contributed by atoms with E-state index in [1.807, 2.05) is 13.8 Å². The second-order valence-corrected chi connectivity index (χ2v) is 3.47. The van der Waals surface area contributed by atoms with Crippen molar-refractivity contribution in [3.63, 3.8) is 0 Å². The van der Waals surface area contributed by atoms with Crippen LogP contribution in [-0.2, 0) is 0 Å². The topological polar surface area (TPSA) is 59.2 Å². The molecule has 0 radical (unpaired) electrons. The van der Waals surface area contributed by atoms with Crippen molar-refractivity contribution in [3.05, 3.63) is 24.0 Å². The van der Waals surface area contributed by atoms with E-state index in [2.05, 4.69) is 4.98 Å². The molecule has 2 N–H and O–H groups in total. The minimum absolute atomic E-state index is 0.0695. The monoisotopic (exact) mass is 193 g/mol. The van der Waals surface area contributed by atoms with E-state index in [1.165, 1.54) is 6.20 Å². The third-order valence-corrected chi connectivity index (χ3v) is 2.18. The summed E-state index contributed by atoms with van der Waals surface area (Å²) in [6.07, 6.45) is 3.05. The molecule has 0 atom stereocenters. The second-order valence-electron chi connectivity index (χ2n) is 3.47. The maximum atomic E-state index is 11.8. The van der Waals surface area contributed by atoms with Gasteiger partial charge in [-0.2, -0.15) is 0 Å². The van der Waals surface area contributed by atoms with E-state index < -0.39 is 0 Å². The third kappa shape index (κ3) is 2.02. The molecule has 0 unspecified atom stereocenters. The maximum absolute atomic E-state index is 11.8. The Labute approximate surface area is 83.7 Å². The van der Waals surface area contributed by atoms with Crippen LogP contribution in [0.4, 0.5) is 5.69 Å². The number of carbonyl (C=O) groups excluding carboxylic acids is 1. The van der Waals surface area contributed by atoms with Gasteiger partial charge in [0.1, 0.15) is 0 Å².